The molecular weight excluding hydrogens is 334 g/mol. The monoisotopic (exact) mass is 355 g/mol. The van der Waals surface area contributed by atoms with Crippen molar-refractivity contribution in [1.29, 1.82) is 0 Å². The summed E-state index contributed by atoms with van der Waals surface area (Å²) in [5.74, 6) is 2.36. The number of hydrogen-bond acceptors (Lipinski definition) is 7. The third kappa shape index (κ3) is 3.39. The van der Waals surface area contributed by atoms with Crippen LogP contribution in [0.15, 0.2) is 24.4 Å². The summed E-state index contributed by atoms with van der Waals surface area (Å²) in [6.45, 7) is 4.14. The number of nitrogens with zero attached hydrogens (tertiary/aromatic N) is 3. The van der Waals surface area contributed by atoms with Gasteiger partial charge in [-0.2, -0.15) is 4.98 Å². The number of aliphatic hydroxyl groups is 1. The number of hydrogen-bond donors (Lipinski definition) is 1. The Labute approximate surface area is 151 Å². The highest BCUT2D eigenvalue weighted by molar-refractivity contribution is 5.83. The topological polar surface area (TPSA) is 86.6 Å². The van der Waals surface area contributed by atoms with Gasteiger partial charge in [0.05, 0.1) is 26.2 Å². The van der Waals surface area contributed by atoms with Crippen molar-refractivity contribution >= 4 is 11.0 Å². The minimum Gasteiger partial charge on any atom is -0.496 e. The summed E-state index contributed by atoms with van der Waals surface area (Å²) in [6, 6.07) is 5.61. The van der Waals surface area contributed by atoms with E-state index in [0.717, 1.165) is 22.4 Å². The van der Waals surface area contributed by atoms with Crippen LogP contribution in [0.25, 0.3) is 22.4 Å². The quantitative estimate of drug-likeness (QED) is 0.727. The average molecular weight is 355 g/mol. The summed E-state index contributed by atoms with van der Waals surface area (Å²) in [5.41, 5.74) is 3.27. The number of methoxy groups -OCH3 is 2. The van der Waals surface area contributed by atoms with Gasteiger partial charge in [0.15, 0.2) is 11.5 Å². The predicted octanol–water partition coefficient (Wildman–Crippen LogP) is 2.70. The van der Waals surface area contributed by atoms with Crippen LogP contribution in [0.3, 0.4) is 0 Å². The molecule has 26 heavy (non-hydrogen) atoms. The molecular formula is C19H21N3O4. The van der Waals surface area contributed by atoms with E-state index in [1.807, 2.05) is 26.0 Å². The first-order valence-electron chi connectivity index (χ1n) is 8.18. The van der Waals surface area contributed by atoms with E-state index >= 15 is 0 Å². The molecule has 0 saturated heterocycles. The van der Waals surface area contributed by atoms with E-state index in [0.29, 0.717) is 28.5 Å². The lowest BCUT2D eigenvalue weighted by atomic mass is 10.0. The Morgan fingerprint density at radius 2 is 1.73 bits per heavy atom. The lowest BCUT2D eigenvalue weighted by molar-refractivity contribution is 0.200. The second-order valence-electron chi connectivity index (χ2n) is 5.81. The molecule has 0 aliphatic rings. The Hall–Kier alpha value is -2.93. The standard InChI is InChI=1S/C19H21N3O4/c1-11-7-13(8-12(2)17(11)26-6-5-23)18-20-10-14-15(24-3)9-16(25-4)21-19(14)22-18/h7-10,23H,5-6H2,1-4H3. The highest BCUT2D eigenvalue weighted by Gasteiger charge is 2.13. The van der Waals surface area contributed by atoms with Crippen molar-refractivity contribution in [3.8, 4) is 28.8 Å². The molecule has 0 atom stereocenters. The molecule has 0 bridgehead atoms. The lowest BCUT2D eigenvalue weighted by Gasteiger charge is -2.13. The fraction of sp³-hybridized carbons (Fsp3) is 0.316. The molecule has 1 N–H and O–H groups in total. The fourth-order valence-electron chi connectivity index (χ4n) is 2.83. The van der Waals surface area contributed by atoms with Gasteiger partial charge in [-0.25, -0.2) is 9.97 Å². The van der Waals surface area contributed by atoms with Crippen molar-refractivity contribution in [1.82, 2.24) is 15.0 Å². The molecule has 0 unspecified atom stereocenters. The number of benzene rings is 1. The molecule has 2 aromatic heterocycles. The van der Waals surface area contributed by atoms with Crippen LogP contribution in [-0.4, -0.2) is 47.5 Å². The molecule has 0 aliphatic heterocycles. The molecule has 1 aromatic carbocycles. The number of fused-ring (bicyclic) bond motifs is 1. The van der Waals surface area contributed by atoms with Crippen LogP contribution in [-0.2, 0) is 0 Å². The van der Waals surface area contributed by atoms with Crippen molar-refractivity contribution in [3.63, 3.8) is 0 Å². The zero-order chi connectivity index (χ0) is 18.7. The average Bonchev–Trinajstić information content (AvgIpc) is 2.65. The second-order valence-corrected chi connectivity index (χ2v) is 5.81. The number of pyridine rings is 1. The first kappa shape index (κ1) is 17.9. The molecule has 0 saturated carbocycles. The zero-order valence-corrected chi connectivity index (χ0v) is 15.2. The Balaban J connectivity index is 2.08. The van der Waals surface area contributed by atoms with Crippen LogP contribution in [0.1, 0.15) is 11.1 Å². The van der Waals surface area contributed by atoms with Gasteiger partial charge in [0, 0.05) is 17.8 Å². The summed E-state index contributed by atoms with van der Waals surface area (Å²) < 4.78 is 16.2. The van der Waals surface area contributed by atoms with Crippen LogP contribution in [0.5, 0.6) is 17.4 Å². The SMILES string of the molecule is COc1cc(OC)c2cnc(-c3cc(C)c(OCCO)c(C)c3)nc2n1. The molecule has 0 amide bonds. The van der Waals surface area contributed by atoms with Gasteiger partial charge in [-0.1, -0.05) is 0 Å². The maximum absolute atomic E-state index is 8.96. The first-order chi connectivity index (χ1) is 12.6. The number of rotatable bonds is 6. The van der Waals surface area contributed by atoms with Gasteiger partial charge in [0.1, 0.15) is 18.1 Å². The van der Waals surface area contributed by atoms with E-state index in [1.165, 1.54) is 0 Å². The molecule has 7 nitrogen and oxygen atoms in total. The Bertz CT molecular complexity index is 920. The third-order valence-corrected chi connectivity index (χ3v) is 3.99. The molecule has 2 heterocycles. The molecule has 0 radical (unpaired) electrons. The summed E-state index contributed by atoms with van der Waals surface area (Å²) in [4.78, 5) is 13.4. The lowest BCUT2D eigenvalue weighted by Crippen LogP contribution is -2.04. The number of ether oxygens (including phenoxy) is 3. The molecule has 0 spiro atoms. The predicted molar refractivity (Wildman–Crippen MR) is 97.9 cm³/mol. The molecule has 0 aliphatic carbocycles. The second kappa shape index (κ2) is 7.53. The molecule has 7 heteroatoms. The van der Waals surface area contributed by atoms with E-state index < -0.39 is 0 Å². The summed E-state index contributed by atoms with van der Waals surface area (Å²) in [5, 5.41) is 9.67. The van der Waals surface area contributed by atoms with Gasteiger partial charge < -0.3 is 19.3 Å². The summed E-state index contributed by atoms with van der Waals surface area (Å²) >= 11 is 0. The van der Waals surface area contributed by atoms with E-state index in [1.54, 1.807) is 26.5 Å². The highest BCUT2D eigenvalue weighted by Crippen LogP contribution is 2.31. The van der Waals surface area contributed by atoms with Crippen LogP contribution in [0.2, 0.25) is 0 Å². The van der Waals surface area contributed by atoms with Gasteiger partial charge in [-0.05, 0) is 37.1 Å². The van der Waals surface area contributed by atoms with Crippen molar-refractivity contribution in [2.45, 2.75) is 13.8 Å². The van der Waals surface area contributed by atoms with E-state index in [2.05, 4.69) is 15.0 Å². The van der Waals surface area contributed by atoms with Gasteiger partial charge in [0.25, 0.3) is 0 Å². The summed E-state index contributed by atoms with van der Waals surface area (Å²) in [6.07, 6.45) is 1.70. The van der Waals surface area contributed by atoms with E-state index in [9.17, 15) is 0 Å². The molecule has 3 aromatic rings. The first-order valence-corrected chi connectivity index (χ1v) is 8.18. The van der Waals surface area contributed by atoms with Gasteiger partial charge in [0.2, 0.25) is 5.88 Å². The van der Waals surface area contributed by atoms with Gasteiger partial charge >= 0.3 is 0 Å². The minimum absolute atomic E-state index is 0.0241. The largest absolute Gasteiger partial charge is 0.496 e. The Morgan fingerprint density at radius 3 is 2.35 bits per heavy atom. The smallest absolute Gasteiger partial charge is 0.218 e. The van der Waals surface area contributed by atoms with Crippen LogP contribution in [0, 0.1) is 13.8 Å². The fourth-order valence-corrected chi connectivity index (χ4v) is 2.83. The third-order valence-electron chi connectivity index (χ3n) is 3.99. The van der Waals surface area contributed by atoms with E-state index in [4.69, 9.17) is 19.3 Å². The Morgan fingerprint density at radius 1 is 1.00 bits per heavy atom. The zero-order valence-electron chi connectivity index (χ0n) is 15.2. The van der Waals surface area contributed by atoms with Gasteiger partial charge in [-0.15, -0.1) is 0 Å². The maximum atomic E-state index is 8.96. The maximum Gasteiger partial charge on any atom is 0.218 e. The number of aliphatic hydroxyl groups excluding tert-OH is 1. The van der Waals surface area contributed by atoms with Crippen LogP contribution >= 0.6 is 0 Å². The van der Waals surface area contributed by atoms with Crippen molar-refractivity contribution in [3.05, 3.63) is 35.5 Å². The van der Waals surface area contributed by atoms with Crippen LogP contribution in [0.4, 0.5) is 0 Å². The van der Waals surface area contributed by atoms with Crippen molar-refractivity contribution < 1.29 is 19.3 Å². The van der Waals surface area contributed by atoms with E-state index in [-0.39, 0.29) is 13.2 Å². The molecule has 136 valence electrons. The molecule has 3 rings (SSSR count). The number of aryl methyl sites for hydroxylation is 2. The molecule has 0 fully saturated rings. The summed E-state index contributed by atoms with van der Waals surface area (Å²) in [7, 11) is 3.13. The van der Waals surface area contributed by atoms with Crippen molar-refractivity contribution in [2.24, 2.45) is 0 Å². The van der Waals surface area contributed by atoms with Crippen molar-refractivity contribution in [2.75, 3.05) is 27.4 Å². The number of aromatic nitrogens is 3. The van der Waals surface area contributed by atoms with Crippen LogP contribution < -0.4 is 14.2 Å². The normalized spacial score (nSPS) is 10.8. The highest BCUT2D eigenvalue weighted by atomic mass is 16.5. The Kier molecular flexibility index (Phi) is 5.18. The minimum atomic E-state index is -0.0241. The van der Waals surface area contributed by atoms with Gasteiger partial charge in [-0.3, -0.25) is 0 Å².